The standard InChI is InChI=1S/C16H27NO2/c1-6-8-17-14(7-2)15(18)13-10-11(3)9-12(4)16(13)19-5/h9-10,14-15,17-18H,6-8H2,1-5H3. The lowest BCUT2D eigenvalue weighted by molar-refractivity contribution is 0.123. The summed E-state index contributed by atoms with van der Waals surface area (Å²) in [6.07, 6.45) is 1.41. The van der Waals surface area contributed by atoms with Crippen LogP contribution in [0.3, 0.4) is 0 Å². The van der Waals surface area contributed by atoms with Gasteiger partial charge in [-0.15, -0.1) is 0 Å². The van der Waals surface area contributed by atoms with Crippen molar-refractivity contribution in [3.8, 4) is 5.75 Å². The summed E-state index contributed by atoms with van der Waals surface area (Å²) in [7, 11) is 1.66. The van der Waals surface area contributed by atoms with Gasteiger partial charge < -0.3 is 15.2 Å². The van der Waals surface area contributed by atoms with Crippen LogP contribution < -0.4 is 10.1 Å². The summed E-state index contributed by atoms with van der Waals surface area (Å²) in [4.78, 5) is 0. The molecule has 2 atom stereocenters. The number of benzene rings is 1. The molecule has 0 saturated heterocycles. The Balaban J connectivity index is 3.05. The van der Waals surface area contributed by atoms with Gasteiger partial charge in [0.15, 0.2) is 0 Å². The summed E-state index contributed by atoms with van der Waals surface area (Å²) in [6, 6.07) is 4.16. The van der Waals surface area contributed by atoms with Gasteiger partial charge in [-0.3, -0.25) is 0 Å². The number of methoxy groups -OCH3 is 1. The number of nitrogens with one attached hydrogen (secondary N) is 1. The maximum Gasteiger partial charge on any atom is 0.127 e. The first-order valence-corrected chi connectivity index (χ1v) is 7.11. The molecule has 0 spiro atoms. The number of rotatable bonds is 7. The van der Waals surface area contributed by atoms with Gasteiger partial charge in [0.2, 0.25) is 0 Å². The highest BCUT2D eigenvalue weighted by Gasteiger charge is 2.23. The molecular formula is C16H27NO2. The van der Waals surface area contributed by atoms with E-state index in [2.05, 4.69) is 25.2 Å². The summed E-state index contributed by atoms with van der Waals surface area (Å²) in [5, 5.41) is 14.0. The molecule has 0 aliphatic carbocycles. The smallest absolute Gasteiger partial charge is 0.127 e. The Morgan fingerprint density at radius 2 is 1.95 bits per heavy atom. The second-order valence-corrected chi connectivity index (χ2v) is 5.12. The number of aryl methyl sites for hydroxylation is 2. The highest BCUT2D eigenvalue weighted by atomic mass is 16.5. The largest absolute Gasteiger partial charge is 0.496 e. The van der Waals surface area contributed by atoms with Gasteiger partial charge >= 0.3 is 0 Å². The van der Waals surface area contributed by atoms with Crippen LogP contribution in [0.2, 0.25) is 0 Å². The van der Waals surface area contributed by atoms with Gasteiger partial charge in [0.1, 0.15) is 5.75 Å². The van der Waals surface area contributed by atoms with E-state index >= 15 is 0 Å². The molecule has 0 saturated carbocycles. The molecule has 0 heterocycles. The van der Waals surface area contributed by atoms with Crippen LogP contribution in [0.15, 0.2) is 12.1 Å². The third-order valence-electron chi connectivity index (χ3n) is 3.45. The van der Waals surface area contributed by atoms with Gasteiger partial charge in [-0.25, -0.2) is 0 Å². The molecule has 0 aliphatic heterocycles. The molecule has 0 aromatic heterocycles. The second kappa shape index (κ2) is 7.51. The summed E-state index contributed by atoms with van der Waals surface area (Å²) >= 11 is 0. The van der Waals surface area contributed by atoms with E-state index in [1.807, 2.05) is 19.9 Å². The summed E-state index contributed by atoms with van der Waals surface area (Å²) < 4.78 is 5.46. The van der Waals surface area contributed by atoms with E-state index in [0.29, 0.717) is 0 Å². The van der Waals surface area contributed by atoms with Gasteiger partial charge in [-0.2, -0.15) is 0 Å². The van der Waals surface area contributed by atoms with Crippen LogP contribution in [0.25, 0.3) is 0 Å². The summed E-state index contributed by atoms with van der Waals surface area (Å²) in [5.41, 5.74) is 3.11. The quantitative estimate of drug-likeness (QED) is 0.796. The molecule has 108 valence electrons. The SMILES string of the molecule is CCCNC(CC)C(O)c1cc(C)cc(C)c1OC. The highest BCUT2D eigenvalue weighted by Crippen LogP contribution is 2.32. The second-order valence-electron chi connectivity index (χ2n) is 5.12. The average molecular weight is 265 g/mol. The number of aliphatic hydroxyl groups is 1. The Hall–Kier alpha value is -1.06. The fourth-order valence-electron chi connectivity index (χ4n) is 2.51. The van der Waals surface area contributed by atoms with Crippen molar-refractivity contribution in [3.05, 3.63) is 28.8 Å². The molecule has 0 bridgehead atoms. The third-order valence-corrected chi connectivity index (χ3v) is 3.45. The first-order chi connectivity index (χ1) is 9.04. The molecule has 19 heavy (non-hydrogen) atoms. The van der Waals surface area contributed by atoms with E-state index in [-0.39, 0.29) is 6.04 Å². The predicted octanol–water partition coefficient (Wildman–Crippen LogP) is 3.12. The Morgan fingerprint density at radius 3 is 2.47 bits per heavy atom. The van der Waals surface area contributed by atoms with Crippen molar-refractivity contribution in [1.82, 2.24) is 5.32 Å². The first kappa shape index (κ1) is 16.0. The van der Waals surface area contributed by atoms with Crippen LogP contribution in [0, 0.1) is 13.8 Å². The van der Waals surface area contributed by atoms with Crippen molar-refractivity contribution in [2.45, 2.75) is 52.7 Å². The van der Waals surface area contributed by atoms with Crippen molar-refractivity contribution < 1.29 is 9.84 Å². The maximum absolute atomic E-state index is 10.6. The molecule has 0 aliphatic rings. The van der Waals surface area contributed by atoms with Gasteiger partial charge in [0.05, 0.1) is 13.2 Å². The Morgan fingerprint density at radius 1 is 1.26 bits per heavy atom. The zero-order valence-corrected chi connectivity index (χ0v) is 12.8. The van der Waals surface area contributed by atoms with Gasteiger partial charge in [0, 0.05) is 11.6 Å². The minimum Gasteiger partial charge on any atom is -0.496 e. The van der Waals surface area contributed by atoms with E-state index in [0.717, 1.165) is 41.8 Å². The number of hydrogen-bond donors (Lipinski definition) is 2. The zero-order valence-electron chi connectivity index (χ0n) is 12.8. The van der Waals surface area contributed by atoms with E-state index in [1.165, 1.54) is 0 Å². The van der Waals surface area contributed by atoms with Crippen LogP contribution in [-0.2, 0) is 0 Å². The molecule has 3 heteroatoms. The molecule has 1 aromatic carbocycles. The van der Waals surface area contributed by atoms with Crippen LogP contribution in [-0.4, -0.2) is 24.8 Å². The molecule has 1 aromatic rings. The number of hydrogen-bond acceptors (Lipinski definition) is 3. The Bertz CT molecular complexity index is 404. The van der Waals surface area contributed by atoms with Gasteiger partial charge in [-0.05, 0) is 44.9 Å². The molecule has 1 rings (SSSR count). The van der Waals surface area contributed by atoms with Crippen molar-refractivity contribution in [3.63, 3.8) is 0 Å². The fourth-order valence-corrected chi connectivity index (χ4v) is 2.51. The molecule has 3 nitrogen and oxygen atoms in total. The van der Waals surface area contributed by atoms with E-state index < -0.39 is 6.10 Å². The Kier molecular flexibility index (Phi) is 6.32. The van der Waals surface area contributed by atoms with E-state index in [4.69, 9.17) is 4.74 Å². The topological polar surface area (TPSA) is 41.5 Å². The van der Waals surface area contributed by atoms with Crippen molar-refractivity contribution in [2.24, 2.45) is 0 Å². The molecular weight excluding hydrogens is 238 g/mol. The van der Waals surface area contributed by atoms with Gasteiger partial charge in [-0.1, -0.05) is 25.5 Å². The van der Waals surface area contributed by atoms with Crippen molar-refractivity contribution in [1.29, 1.82) is 0 Å². The zero-order chi connectivity index (χ0) is 14.4. The Labute approximate surface area is 117 Å². The van der Waals surface area contributed by atoms with Crippen LogP contribution in [0.5, 0.6) is 5.75 Å². The average Bonchev–Trinajstić information content (AvgIpc) is 2.38. The van der Waals surface area contributed by atoms with E-state index in [9.17, 15) is 5.11 Å². The summed E-state index contributed by atoms with van der Waals surface area (Å²) in [5.74, 6) is 0.801. The first-order valence-electron chi connectivity index (χ1n) is 7.11. The predicted molar refractivity (Wildman–Crippen MR) is 79.8 cm³/mol. The molecule has 2 N–H and O–H groups in total. The van der Waals surface area contributed by atoms with Crippen LogP contribution in [0.1, 0.15) is 49.5 Å². The number of ether oxygens (including phenoxy) is 1. The van der Waals surface area contributed by atoms with Crippen LogP contribution >= 0.6 is 0 Å². The molecule has 0 amide bonds. The van der Waals surface area contributed by atoms with Crippen LogP contribution in [0.4, 0.5) is 0 Å². The lowest BCUT2D eigenvalue weighted by Gasteiger charge is -2.25. The molecule has 2 unspecified atom stereocenters. The van der Waals surface area contributed by atoms with E-state index in [1.54, 1.807) is 7.11 Å². The third kappa shape index (κ3) is 3.95. The lowest BCUT2D eigenvalue weighted by atomic mass is 9.95. The van der Waals surface area contributed by atoms with Crippen molar-refractivity contribution in [2.75, 3.05) is 13.7 Å². The minimum absolute atomic E-state index is 0.0649. The molecule has 0 fully saturated rings. The molecule has 0 radical (unpaired) electrons. The lowest BCUT2D eigenvalue weighted by Crippen LogP contribution is -2.35. The normalized spacial score (nSPS) is 14.2. The minimum atomic E-state index is -0.537. The van der Waals surface area contributed by atoms with Gasteiger partial charge in [0.25, 0.3) is 0 Å². The maximum atomic E-state index is 10.6. The highest BCUT2D eigenvalue weighted by molar-refractivity contribution is 5.45. The van der Waals surface area contributed by atoms with Crippen molar-refractivity contribution >= 4 is 0 Å². The summed E-state index contributed by atoms with van der Waals surface area (Å²) in [6.45, 7) is 9.20. The fraction of sp³-hybridized carbons (Fsp3) is 0.625. The number of aliphatic hydroxyl groups excluding tert-OH is 1. The monoisotopic (exact) mass is 265 g/mol.